The van der Waals surface area contributed by atoms with Gasteiger partial charge in [0.2, 0.25) is 0 Å². The molecule has 3 aliphatic carbocycles. The molecule has 3 heteroatoms. The minimum atomic E-state index is 0.0260. The van der Waals surface area contributed by atoms with Gasteiger partial charge in [0.05, 0.1) is 11.7 Å². The molecule has 0 spiro atoms. The molecule has 0 aromatic heterocycles. The van der Waals surface area contributed by atoms with E-state index in [9.17, 15) is 0 Å². The summed E-state index contributed by atoms with van der Waals surface area (Å²) in [7, 11) is 0.514. The summed E-state index contributed by atoms with van der Waals surface area (Å²) >= 11 is 0. The first-order valence-electron chi connectivity index (χ1n) is 5.30. The molecule has 13 heavy (non-hydrogen) atoms. The SMILES string of the molecule is CC1(C)C2C[C@H]3OBO[C@@]3(C)[C@H]1C2. The average Bonchev–Trinajstić information content (AvgIpc) is 2.44. The van der Waals surface area contributed by atoms with Crippen molar-refractivity contribution in [1.82, 2.24) is 0 Å². The third kappa shape index (κ3) is 0.786. The first kappa shape index (κ1) is 8.31. The highest BCUT2D eigenvalue weighted by Crippen LogP contribution is 2.65. The van der Waals surface area contributed by atoms with Crippen LogP contribution in [0.5, 0.6) is 0 Å². The van der Waals surface area contributed by atoms with E-state index in [1.165, 1.54) is 12.8 Å². The maximum absolute atomic E-state index is 5.81. The lowest BCUT2D eigenvalue weighted by Crippen LogP contribution is -2.65. The molecule has 3 saturated carbocycles. The van der Waals surface area contributed by atoms with Crippen LogP contribution < -0.4 is 0 Å². The minimum absolute atomic E-state index is 0.0260. The van der Waals surface area contributed by atoms with Crippen LogP contribution in [0.4, 0.5) is 0 Å². The topological polar surface area (TPSA) is 18.5 Å². The molecule has 2 bridgehead atoms. The maximum atomic E-state index is 5.81. The predicted octanol–water partition coefficient (Wildman–Crippen LogP) is 1.49. The molecular formula is C10H17BO2. The fraction of sp³-hybridized carbons (Fsp3) is 1.00. The van der Waals surface area contributed by atoms with Gasteiger partial charge in [0.15, 0.2) is 0 Å². The second kappa shape index (κ2) is 2.14. The maximum Gasteiger partial charge on any atom is 0.438 e. The van der Waals surface area contributed by atoms with Crippen molar-refractivity contribution in [2.75, 3.05) is 0 Å². The van der Waals surface area contributed by atoms with E-state index in [0.717, 1.165) is 5.92 Å². The van der Waals surface area contributed by atoms with Gasteiger partial charge in [-0.15, -0.1) is 0 Å². The molecule has 0 N–H and O–H groups in total. The van der Waals surface area contributed by atoms with E-state index in [1.54, 1.807) is 0 Å². The third-order valence-corrected chi connectivity index (χ3v) is 4.94. The standard InChI is InChI=1S/C10H17BO2/c1-9(2)6-4-7(9)10(3)8(5-6)12-11-13-10/h6-8,11H,4-5H2,1-3H3/t6?,7-,8+,10-/m0/s1. The molecule has 0 aromatic carbocycles. The van der Waals surface area contributed by atoms with Crippen LogP contribution in [0.1, 0.15) is 33.6 Å². The smallest absolute Gasteiger partial charge is 0.408 e. The summed E-state index contributed by atoms with van der Waals surface area (Å²) in [6.45, 7) is 7.01. The number of hydrogen-bond acceptors (Lipinski definition) is 2. The van der Waals surface area contributed by atoms with E-state index in [2.05, 4.69) is 20.8 Å². The Morgan fingerprint density at radius 3 is 2.69 bits per heavy atom. The lowest BCUT2D eigenvalue weighted by atomic mass is 9.43. The van der Waals surface area contributed by atoms with Crippen molar-refractivity contribution in [2.45, 2.75) is 45.3 Å². The van der Waals surface area contributed by atoms with Gasteiger partial charge in [-0.1, -0.05) is 13.8 Å². The first-order valence-corrected chi connectivity index (χ1v) is 5.30. The van der Waals surface area contributed by atoms with Gasteiger partial charge < -0.3 is 9.31 Å². The Kier molecular flexibility index (Phi) is 1.37. The summed E-state index contributed by atoms with van der Waals surface area (Å²) in [6.07, 6.45) is 2.94. The Morgan fingerprint density at radius 2 is 2.00 bits per heavy atom. The molecule has 4 atom stereocenters. The van der Waals surface area contributed by atoms with Crippen LogP contribution in [-0.4, -0.2) is 19.4 Å². The zero-order valence-electron chi connectivity index (χ0n) is 8.67. The van der Waals surface area contributed by atoms with Crippen LogP contribution in [0.3, 0.4) is 0 Å². The molecule has 1 aliphatic heterocycles. The summed E-state index contributed by atoms with van der Waals surface area (Å²) in [6, 6.07) is 0. The Balaban J connectivity index is 1.97. The van der Waals surface area contributed by atoms with Gasteiger partial charge >= 0.3 is 7.69 Å². The van der Waals surface area contributed by atoms with E-state index in [-0.39, 0.29) is 5.60 Å². The third-order valence-electron chi connectivity index (χ3n) is 4.94. The summed E-state index contributed by atoms with van der Waals surface area (Å²) in [5.41, 5.74) is 0.511. The quantitative estimate of drug-likeness (QED) is 0.526. The molecule has 72 valence electrons. The van der Waals surface area contributed by atoms with E-state index in [1.807, 2.05) is 0 Å². The highest BCUT2D eigenvalue weighted by molar-refractivity contribution is 6.19. The van der Waals surface area contributed by atoms with Crippen LogP contribution in [0, 0.1) is 17.3 Å². The molecule has 1 unspecified atom stereocenters. The van der Waals surface area contributed by atoms with Crippen molar-refractivity contribution in [2.24, 2.45) is 17.3 Å². The molecule has 0 amide bonds. The predicted molar refractivity (Wildman–Crippen MR) is 51.5 cm³/mol. The van der Waals surface area contributed by atoms with Crippen molar-refractivity contribution < 1.29 is 9.31 Å². The average molecular weight is 180 g/mol. The van der Waals surface area contributed by atoms with Crippen LogP contribution in [-0.2, 0) is 9.31 Å². The highest BCUT2D eigenvalue weighted by Gasteiger charge is 2.65. The number of hydrogen-bond donors (Lipinski definition) is 0. The molecular weight excluding hydrogens is 163 g/mol. The summed E-state index contributed by atoms with van der Waals surface area (Å²) in [5, 5.41) is 0. The van der Waals surface area contributed by atoms with E-state index in [4.69, 9.17) is 9.31 Å². The van der Waals surface area contributed by atoms with E-state index in [0.29, 0.717) is 25.1 Å². The van der Waals surface area contributed by atoms with Crippen molar-refractivity contribution in [3.8, 4) is 0 Å². The van der Waals surface area contributed by atoms with Gasteiger partial charge in [0.1, 0.15) is 0 Å². The Labute approximate surface area is 80.3 Å². The minimum Gasteiger partial charge on any atom is -0.408 e. The van der Waals surface area contributed by atoms with Gasteiger partial charge in [-0.05, 0) is 37.0 Å². The highest BCUT2D eigenvalue weighted by atomic mass is 16.6. The molecule has 1 heterocycles. The van der Waals surface area contributed by atoms with Crippen molar-refractivity contribution in [3.05, 3.63) is 0 Å². The van der Waals surface area contributed by atoms with E-state index < -0.39 is 0 Å². The molecule has 0 radical (unpaired) electrons. The zero-order chi connectivity index (χ0) is 9.27. The monoisotopic (exact) mass is 180 g/mol. The lowest BCUT2D eigenvalue weighted by Gasteiger charge is -2.64. The second-order valence-corrected chi connectivity index (χ2v) is 5.64. The molecule has 4 fully saturated rings. The summed E-state index contributed by atoms with van der Waals surface area (Å²) in [4.78, 5) is 0. The number of rotatable bonds is 0. The Morgan fingerprint density at radius 1 is 1.23 bits per heavy atom. The summed E-state index contributed by atoms with van der Waals surface area (Å²) < 4.78 is 11.4. The molecule has 2 nitrogen and oxygen atoms in total. The van der Waals surface area contributed by atoms with E-state index >= 15 is 0 Å². The first-order chi connectivity index (χ1) is 6.05. The molecule has 0 aromatic rings. The normalized spacial score (nSPS) is 56.4. The van der Waals surface area contributed by atoms with Crippen LogP contribution in [0.2, 0.25) is 0 Å². The zero-order valence-corrected chi connectivity index (χ0v) is 8.67. The van der Waals surface area contributed by atoms with Gasteiger partial charge in [0.25, 0.3) is 0 Å². The van der Waals surface area contributed by atoms with Crippen LogP contribution in [0.15, 0.2) is 0 Å². The second-order valence-electron chi connectivity index (χ2n) is 5.64. The van der Waals surface area contributed by atoms with Crippen molar-refractivity contribution in [1.29, 1.82) is 0 Å². The lowest BCUT2D eigenvalue weighted by molar-refractivity contribution is -0.199. The Hall–Kier alpha value is -0.0151. The Bertz CT molecular complexity index is 253. The summed E-state index contributed by atoms with van der Waals surface area (Å²) in [5.74, 6) is 1.59. The van der Waals surface area contributed by atoms with Gasteiger partial charge in [0, 0.05) is 0 Å². The fourth-order valence-electron chi connectivity index (χ4n) is 3.78. The molecule has 4 aliphatic rings. The van der Waals surface area contributed by atoms with Crippen LogP contribution >= 0.6 is 0 Å². The van der Waals surface area contributed by atoms with Crippen LogP contribution in [0.25, 0.3) is 0 Å². The largest absolute Gasteiger partial charge is 0.438 e. The van der Waals surface area contributed by atoms with Crippen molar-refractivity contribution in [3.63, 3.8) is 0 Å². The molecule has 4 rings (SSSR count). The van der Waals surface area contributed by atoms with Crippen molar-refractivity contribution >= 4 is 7.69 Å². The molecule has 1 saturated heterocycles. The van der Waals surface area contributed by atoms with Gasteiger partial charge in [-0.2, -0.15) is 0 Å². The van der Waals surface area contributed by atoms with Gasteiger partial charge in [-0.3, -0.25) is 0 Å². The fourth-order valence-corrected chi connectivity index (χ4v) is 3.78. The van der Waals surface area contributed by atoms with Gasteiger partial charge in [-0.25, -0.2) is 0 Å².